The number of rotatable bonds is 3. The van der Waals surface area contributed by atoms with E-state index in [4.69, 9.17) is 16.3 Å². The van der Waals surface area contributed by atoms with Crippen molar-refractivity contribution in [2.45, 2.75) is 25.3 Å². The van der Waals surface area contributed by atoms with Crippen molar-refractivity contribution in [2.75, 3.05) is 13.2 Å². The first kappa shape index (κ1) is 13.5. The largest absolute Gasteiger partial charge is 0.475 e. The molecule has 1 aliphatic rings. The van der Waals surface area contributed by atoms with Crippen LogP contribution >= 0.6 is 24.0 Å². The standard InChI is InChI=1S/C10H14ClN3O.ClH/c11-9-4-5-10(14-13-9)15-7-8-3-1-2-6-12-8;/h4-5,8,12H,1-3,6-7H2;1H. The summed E-state index contributed by atoms with van der Waals surface area (Å²) in [5.74, 6) is 0.534. The minimum atomic E-state index is 0. The van der Waals surface area contributed by atoms with Crippen LogP contribution < -0.4 is 10.1 Å². The summed E-state index contributed by atoms with van der Waals surface area (Å²) in [7, 11) is 0. The number of halogens is 2. The van der Waals surface area contributed by atoms with Crippen molar-refractivity contribution in [1.29, 1.82) is 0 Å². The fourth-order valence-corrected chi connectivity index (χ4v) is 1.73. The zero-order valence-electron chi connectivity index (χ0n) is 8.86. The first-order chi connectivity index (χ1) is 7.34. The highest BCUT2D eigenvalue weighted by atomic mass is 35.5. The number of piperidine rings is 1. The second kappa shape index (κ2) is 6.89. The third-order valence-electron chi connectivity index (χ3n) is 2.45. The number of hydrogen-bond donors (Lipinski definition) is 1. The number of aromatic nitrogens is 2. The normalized spacial score (nSPS) is 19.9. The average Bonchev–Trinajstić information content (AvgIpc) is 2.30. The third kappa shape index (κ3) is 4.12. The first-order valence-corrected chi connectivity index (χ1v) is 5.58. The van der Waals surface area contributed by atoms with E-state index in [1.165, 1.54) is 19.3 Å². The molecular formula is C10H15Cl2N3O. The Labute approximate surface area is 106 Å². The minimum Gasteiger partial charge on any atom is -0.475 e. The molecule has 0 aliphatic carbocycles. The molecule has 1 aliphatic heterocycles. The first-order valence-electron chi connectivity index (χ1n) is 5.20. The molecule has 0 saturated carbocycles. The summed E-state index contributed by atoms with van der Waals surface area (Å²) >= 11 is 5.62. The van der Waals surface area contributed by atoms with Crippen LogP contribution in [0.2, 0.25) is 5.15 Å². The van der Waals surface area contributed by atoms with E-state index in [2.05, 4.69) is 15.5 Å². The van der Waals surface area contributed by atoms with Gasteiger partial charge >= 0.3 is 0 Å². The summed E-state index contributed by atoms with van der Waals surface area (Å²) < 4.78 is 5.51. The fraction of sp³-hybridized carbons (Fsp3) is 0.600. The second-order valence-electron chi connectivity index (χ2n) is 3.65. The summed E-state index contributed by atoms with van der Waals surface area (Å²) in [5, 5.41) is 11.3. The molecule has 0 aromatic carbocycles. The Kier molecular flexibility index (Phi) is 5.80. The van der Waals surface area contributed by atoms with E-state index in [0.717, 1.165) is 6.54 Å². The zero-order valence-corrected chi connectivity index (χ0v) is 10.4. The Morgan fingerprint density at radius 2 is 2.25 bits per heavy atom. The van der Waals surface area contributed by atoms with E-state index in [1.54, 1.807) is 12.1 Å². The molecule has 0 amide bonds. The highest BCUT2D eigenvalue weighted by molar-refractivity contribution is 6.29. The summed E-state index contributed by atoms with van der Waals surface area (Å²) in [5.41, 5.74) is 0. The molecular weight excluding hydrogens is 249 g/mol. The molecule has 2 heterocycles. The monoisotopic (exact) mass is 263 g/mol. The topological polar surface area (TPSA) is 47.0 Å². The van der Waals surface area contributed by atoms with Gasteiger partial charge in [0.15, 0.2) is 5.15 Å². The van der Waals surface area contributed by atoms with Gasteiger partial charge in [-0.25, -0.2) is 0 Å². The van der Waals surface area contributed by atoms with Gasteiger partial charge in [0, 0.05) is 12.1 Å². The van der Waals surface area contributed by atoms with E-state index in [-0.39, 0.29) is 12.4 Å². The van der Waals surface area contributed by atoms with Gasteiger partial charge in [-0.3, -0.25) is 0 Å². The van der Waals surface area contributed by atoms with Gasteiger partial charge in [-0.05, 0) is 25.5 Å². The average molecular weight is 264 g/mol. The molecule has 1 N–H and O–H groups in total. The summed E-state index contributed by atoms with van der Waals surface area (Å²) in [6.45, 7) is 1.73. The van der Waals surface area contributed by atoms with Crippen LogP contribution in [0.3, 0.4) is 0 Å². The molecule has 1 fully saturated rings. The molecule has 1 atom stereocenters. The SMILES string of the molecule is Cl.Clc1ccc(OCC2CCCCN2)nn1. The Hall–Kier alpha value is -0.580. The van der Waals surface area contributed by atoms with Gasteiger partial charge in [-0.2, -0.15) is 0 Å². The molecule has 1 unspecified atom stereocenters. The van der Waals surface area contributed by atoms with E-state index in [1.807, 2.05) is 0 Å². The lowest BCUT2D eigenvalue weighted by molar-refractivity contribution is 0.230. The quantitative estimate of drug-likeness (QED) is 0.907. The van der Waals surface area contributed by atoms with Crippen LogP contribution in [0.1, 0.15) is 19.3 Å². The Bertz CT molecular complexity index is 301. The Morgan fingerprint density at radius 1 is 1.38 bits per heavy atom. The molecule has 16 heavy (non-hydrogen) atoms. The van der Waals surface area contributed by atoms with Gasteiger partial charge in [0.05, 0.1) is 0 Å². The van der Waals surface area contributed by atoms with Crippen LogP contribution in [0, 0.1) is 0 Å². The summed E-state index contributed by atoms with van der Waals surface area (Å²) in [6, 6.07) is 3.85. The van der Waals surface area contributed by atoms with Gasteiger partial charge in [0.25, 0.3) is 0 Å². The maximum absolute atomic E-state index is 5.62. The van der Waals surface area contributed by atoms with Crippen LogP contribution in [0.25, 0.3) is 0 Å². The maximum Gasteiger partial charge on any atom is 0.233 e. The fourth-order valence-electron chi connectivity index (χ4n) is 1.63. The molecule has 2 rings (SSSR count). The van der Waals surface area contributed by atoms with E-state index < -0.39 is 0 Å². The number of nitrogens with zero attached hydrogens (tertiary/aromatic N) is 2. The predicted octanol–water partition coefficient (Wildman–Crippen LogP) is 2.07. The van der Waals surface area contributed by atoms with Gasteiger partial charge in [-0.15, -0.1) is 22.6 Å². The van der Waals surface area contributed by atoms with E-state index in [9.17, 15) is 0 Å². The molecule has 0 radical (unpaired) electrons. The molecule has 0 bridgehead atoms. The molecule has 4 nitrogen and oxygen atoms in total. The Morgan fingerprint density at radius 3 is 2.88 bits per heavy atom. The lowest BCUT2D eigenvalue weighted by atomic mass is 10.1. The van der Waals surface area contributed by atoms with Crippen LogP contribution in [0.15, 0.2) is 12.1 Å². The molecule has 1 saturated heterocycles. The van der Waals surface area contributed by atoms with E-state index >= 15 is 0 Å². The van der Waals surface area contributed by atoms with Crippen molar-refractivity contribution in [3.8, 4) is 5.88 Å². The summed E-state index contributed by atoms with van der Waals surface area (Å²) in [4.78, 5) is 0. The third-order valence-corrected chi connectivity index (χ3v) is 2.65. The molecule has 90 valence electrons. The van der Waals surface area contributed by atoms with Gasteiger partial charge < -0.3 is 10.1 Å². The molecule has 1 aromatic rings. The summed E-state index contributed by atoms with van der Waals surface area (Å²) in [6.07, 6.45) is 3.70. The van der Waals surface area contributed by atoms with Gasteiger partial charge in [0.2, 0.25) is 5.88 Å². The smallest absolute Gasteiger partial charge is 0.233 e. The van der Waals surface area contributed by atoms with E-state index in [0.29, 0.717) is 23.7 Å². The maximum atomic E-state index is 5.62. The van der Waals surface area contributed by atoms with Crippen LogP contribution in [0.4, 0.5) is 0 Å². The second-order valence-corrected chi connectivity index (χ2v) is 4.04. The van der Waals surface area contributed by atoms with Crippen LogP contribution in [-0.4, -0.2) is 29.4 Å². The van der Waals surface area contributed by atoms with Crippen molar-refractivity contribution in [3.63, 3.8) is 0 Å². The predicted molar refractivity (Wildman–Crippen MR) is 65.4 cm³/mol. The van der Waals surface area contributed by atoms with Crippen molar-refractivity contribution in [1.82, 2.24) is 15.5 Å². The molecule has 1 aromatic heterocycles. The van der Waals surface area contributed by atoms with Crippen LogP contribution in [0.5, 0.6) is 5.88 Å². The van der Waals surface area contributed by atoms with Gasteiger partial charge in [0.1, 0.15) is 6.61 Å². The lowest BCUT2D eigenvalue weighted by Gasteiger charge is -2.22. The van der Waals surface area contributed by atoms with Crippen molar-refractivity contribution in [2.24, 2.45) is 0 Å². The number of nitrogens with one attached hydrogen (secondary N) is 1. The Balaban J connectivity index is 0.00000128. The van der Waals surface area contributed by atoms with Crippen molar-refractivity contribution < 1.29 is 4.74 Å². The zero-order chi connectivity index (χ0) is 10.5. The number of ether oxygens (including phenoxy) is 1. The lowest BCUT2D eigenvalue weighted by Crippen LogP contribution is -2.38. The van der Waals surface area contributed by atoms with Crippen molar-refractivity contribution >= 4 is 24.0 Å². The molecule has 6 heteroatoms. The van der Waals surface area contributed by atoms with Gasteiger partial charge in [-0.1, -0.05) is 18.0 Å². The highest BCUT2D eigenvalue weighted by Gasteiger charge is 2.13. The van der Waals surface area contributed by atoms with Crippen LogP contribution in [-0.2, 0) is 0 Å². The number of hydrogen-bond acceptors (Lipinski definition) is 4. The molecule has 0 spiro atoms. The van der Waals surface area contributed by atoms with Crippen molar-refractivity contribution in [3.05, 3.63) is 17.3 Å². The minimum absolute atomic E-state index is 0. The highest BCUT2D eigenvalue weighted by Crippen LogP contribution is 2.11.